The van der Waals surface area contributed by atoms with Crippen LogP contribution in [0.15, 0.2) is 90.7 Å². The van der Waals surface area contributed by atoms with Gasteiger partial charge in [0, 0.05) is 29.2 Å². The minimum absolute atomic E-state index is 0. The molecule has 0 N–H and O–H groups in total. The van der Waals surface area contributed by atoms with Gasteiger partial charge in [0.1, 0.15) is 0 Å². The Morgan fingerprint density at radius 1 is 0.636 bits per heavy atom. The van der Waals surface area contributed by atoms with E-state index in [0.29, 0.717) is 0 Å². The van der Waals surface area contributed by atoms with Gasteiger partial charge in [-0.1, -0.05) is 115 Å². The van der Waals surface area contributed by atoms with E-state index in [-0.39, 0.29) is 17.8 Å². The highest BCUT2D eigenvalue weighted by Crippen LogP contribution is 2.54. The van der Waals surface area contributed by atoms with Crippen molar-refractivity contribution in [2.24, 2.45) is 0 Å². The Kier molecular flexibility index (Phi) is 15.0. The van der Waals surface area contributed by atoms with Crippen molar-refractivity contribution >= 4 is 87.7 Å². The van der Waals surface area contributed by atoms with Crippen molar-refractivity contribution in [1.29, 1.82) is 0 Å². The van der Waals surface area contributed by atoms with Crippen LogP contribution in [0.2, 0.25) is 0 Å². The molecule has 0 saturated carbocycles. The van der Waals surface area contributed by atoms with Crippen LogP contribution in [0.4, 0.5) is 0 Å². The number of fused-ring (bicyclic) bond motifs is 6. The lowest BCUT2D eigenvalue weighted by atomic mass is 9.72. The largest absolute Gasteiger partial charge is 0.309 e. The van der Waals surface area contributed by atoms with Crippen molar-refractivity contribution in [3.63, 3.8) is 0 Å². The predicted octanol–water partition coefficient (Wildman–Crippen LogP) is 13.5. The second-order valence-electron chi connectivity index (χ2n) is 11.6. The van der Waals surface area contributed by atoms with Crippen LogP contribution in [0.3, 0.4) is 0 Å². The van der Waals surface area contributed by atoms with E-state index in [9.17, 15) is 0 Å². The van der Waals surface area contributed by atoms with E-state index in [1.165, 1.54) is 72.7 Å². The fourth-order valence-electron chi connectivity index (χ4n) is 6.23. The van der Waals surface area contributed by atoms with Gasteiger partial charge in [0.2, 0.25) is 0 Å². The predicted molar refractivity (Wildman–Crippen MR) is 209 cm³/mol. The first-order chi connectivity index (χ1) is 20.6. The summed E-state index contributed by atoms with van der Waals surface area (Å²) in [6.45, 7) is 5.52. The molecule has 0 fully saturated rings. The third-order valence-electron chi connectivity index (χ3n) is 8.24. The van der Waals surface area contributed by atoms with E-state index in [1.54, 1.807) is 0 Å². The standard InChI is InChI=1S/C20H23Br2N.C13H8Br2.C4H9Cl.ClH/c1-4-9-20(10-11-23(2)3)18-12-14(21)5-7-16(18)17-8-6-15(22)13-19(17)20;14-10-1-3-12-8(6-10)5-9-7-11(15)2-4-13(9)12;1-2-3-4-5;/h5-8,12-13H,4,9-11H2,1-3H3;1-4,6-7H,5H2;2-4H2,1H3;1H. The molecule has 44 heavy (non-hydrogen) atoms. The van der Waals surface area contributed by atoms with E-state index in [0.717, 1.165) is 40.6 Å². The zero-order chi connectivity index (χ0) is 31.1. The average Bonchev–Trinajstić information content (AvgIpc) is 3.44. The summed E-state index contributed by atoms with van der Waals surface area (Å²) in [6, 6.07) is 26.6. The van der Waals surface area contributed by atoms with Crippen LogP contribution in [0, 0.1) is 0 Å². The highest BCUT2D eigenvalue weighted by molar-refractivity contribution is 9.11. The minimum atomic E-state index is 0. The number of unbranched alkanes of at least 4 members (excludes halogenated alkanes) is 1. The first-order valence-electron chi connectivity index (χ1n) is 15.0. The van der Waals surface area contributed by atoms with Crippen LogP contribution in [0.1, 0.15) is 68.2 Å². The van der Waals surface area contributed by atoms with Gasteiger partial charge in [-0.15, -0.1) is 24.0 Å². The zero-order valence-electron chi connectivity index (χ0n) is 25.8. The fourth-order valence-corrected chi connectivity index (χ4v) is 8.03. The maximum Gasteiger partial charge on any atom is 0.0228 e. The molecule has 2 aliphatic carbocycles. The third kappa shape index (κ3) is 8.82. The van der Waals surface area contributed by atoms with E-state index >= 15 is 0 Å². The number of hydrogen-bond donors (Lipinski definition) is 0. The first-order valence-corrected chi connectivity index (χ1v) is 18.7. The van der Waals surface area contributed by atoms with Crippen LogP contribution in [-0.2, 0) is 11.8 Å². The molecule has 6 rings (SSSR count). The van der Waals surface area contributed by atoms with Crippen LogP contribution < -0.4 is 0 Å². The molecule has 0 bridgehead atoms. The van der Waals surface area contributed by atoms with Gasteiger partial charge in [0.15, 0.2) is 0 Å². The molecule has 0 radical (unpaired) electrons. The summed E-state index contributed by atoms with van der Waals surface area (Å²) in [5, 5.41) is 0. The number of alkyl halides is 1. The Labute approximate surface area is 309 Å². The van der Waals surface area contributed by atoms with E-state index in [4.69, 9.17) is 11.6 Å². The van der Waals surface area contributed by atoms with E-state index in [1.807, 2.05) is 0 Å². The molecular formula is C37H41Br4Cl2N. The molecule has 236 valence electrons. The van der Waals surface area contributed by atoms with Crippen LogP contribution in [0.5, 0.6) is 0 Å². The van der Waals surface area contributed by atoms with Gasteiger partial charge in [0.25, 0.3) is 0 Å². The average molecular weight is 890 g/mol. The summed E-state index contributed by atoms with van der Waals surface area (Å²) < 4.78 is 4.67. The Morgan fingerprint density at radius 2 is 1.07 bits per heavy atom. The molecule has 0 aliphatic heterocycles. The lowest BCUT2D eigenvalue weighted by Crippen LogP contribution is -2.30. The SMILES string of the molecule is Brc1ccc2c(c1)Cc1cc(Br)ccc1-2.CCCC1(CCN(C)C)c2cc(Br)ccc2-c2ccc(Br)cc21.CCCCCl.Cl. The third-order valence-corrected chi connectivity index (χ3v) is 10.5. The van der Waals surface area contributed by atoms with Gasteiger partial charge < -0.3 is 4.90 Å². The molecule has 4 aromatic carbocycles. The highest BCUT2D eigenvalue weighted by atomic mass is 79.9. The van der Waals surface area contributed by atoms with Gasteiger partial charge in [-0.3, -0.25) is 0 Å². The lowest BCUT2D eigenvalue weighted by Gasteiger charge is -2.33. The second-order valence-corrected chi connectivity index (χ2v) is 15.6. The van der Waals surface area contributed by atoms with Gasteiger partial charge in [-0.05, 0) is 139 Å². The zero-order valence-corrected chi connectivity index (χ0v) is 33.7. The van der Waals surface area contributed by atoms with Crippen LogP contribution >= 0.6 is 87.7 Å². The van der Waals surface area contributed by atoms with Crippen molar-refractivity contribution in [2.75, 3.05) is 26.5 Å². The normalized spacial score (nSPS) is 13.0. The Morgan fingerprint density at radius 3 is 1.43 bits per heavy atom. The Balaban J connectivity index is 0.000000216. The molecule has 0 unspecified atom stereocenters. The molecule has 7 heteroatoms. The smallest absolute Gasteiger partial charge is 0.0228 e. The molecule has 0 saturated heterocycles. The fraction of sp³-hybridized carbons (Fsp3) is 0.351. The Hall–Kier alpha value is -0.660. The lowest BCUT2D eigenvalue weighted by molar-refractivity contribution is 0.333. The van der Waals surface area contributed by atoms with Gasteiger partial charge in [-0.25, -0.2) is 0 Å². The van der Waals surface area contributed by atoms with Crippen molar-refractivity contribution in [2.45, 2.75) is 57.8 Å². The number of benzene rings is 4. The summed E-state index contributed by atoms with van der Waals surface area (Å²) >= 11 is 19.7. The van der Waals surface area contributed by atoms with E-state index < -0.39 is 0 Å². The maximum atomic E-state index is 5.30. The molecule has 1 nitrogen and oxygen atoms in total. The molecule has 0 amide bonds. The minimum Gasteiger partial charge on any atom is -0.309 e. The van der Waals surface area contributed by atoms with Gasteiger partial charge in [0.05, 0.1) is 0 Å². The topological polar surface area (TPSA) is 3.24 Å². The summed E-state index contributed by atoms with van der Waals surface area (Å²) in [4.78, 5) is 2.30. The van der Waals surface area contributed by atoms with Crippen molar-refractivity contribution in [3.05, 3.63) is 113 Å². The highest BCUT2D eigenvalue weighted by Gasteiger charge is 2.42. The number of nitrogens with zero attached hydrogens (tertiary/aromatic N) is 1. The molecule has 0 aromatic heterocycles. The monoisotopic (exact) mass is 885 g/mol. The summed E-state index contributed by atoms with van der Waals surface area (Å²) in [6.07, 6.45) is 6.94. The molecule has 0 atom stereocenters. The van der Waals surface area contributed by atoms with Crippen molar-refractivity contribution in [1.82, 2.24) is 4.90 Å². The van der Waals surface area contributed by atoms with Gasteiger partial charge >= 0.3 is 0 Å². The second kappa shape index (κ2) is 17.5. The molecule has 2 aliphatic rings. The summed E-state index contributed by atoms with van der Waals surface area (Å²) in [5.74, 6) is 0.816. The van der Waals surface area contributed by atoms with Crippen LogP contribution in [0.25, 0.3) is 22.3 Å². The maximum absolute atomic E-state index is 5.30. The number of rotatable bonds is 7. The molecule has 0 heterocycles. The van der Waals surface area contributed by atoms with Gasteiger partial charge in [-0.2, -0.15) is 0 Å². The van der Waals surface area contributed by atoms with Crippen LogP contribution in [-0.4, -0.2) is 31.4 Å². The summed E-state index contributed by atoms with van der Waals surface area (Å²) in [5.41, 5.74) is 11.5. The molecule has 0 spiro atoms. The van der Waals surface area contributed by atoms with E-state index in [2.05, 4.69) is 169 Å². The molecular weight excluding hydrogens is 849 g/mol. The number of halogens is 6. The van der Waals surface area contributed by atoms with Crippen molar-refractivity contribution in [3.8, 4) is 22.3 Å². The van der Waals surface area contributed by atoms with Crippen molar-refractivity contribution < 1.29 is 0 Å². The number of hydrogen-bond acceptors (Lipinski definition) is 1. The quantitative estimate of drug-likeness (QED) is 0.147. The molecule has 4 aromatic rings. The summed E-state index contributed by atoms with van der Waals surface area (Å²) in [7, 11) is 4.33. The Bertz CT molecular complexity index is 1450. The first kappa shape index (κ1) is 37.8.